The van der Waals surface area contributed by atoms with Crippen molar-refractivity contribution in [3.63, 3.8) is 0 Å². The number of rotatable bonds is 2. The lowest BCUT2D eigenvalue weighted by molar-refractivity contribution is 0.101. The Balaban J connectivity index is 2.44. The van der Waals surface area contributed by atoms with Gasteiger partial charge in [-0.3, -0.25) is 4.79 Å². The predicted octanol–water partition coefficient (Wildman–Crippen LogP) is 3.60. The van der Waals surface area contributed by atoms with Crippen LogP contribution in [0.1, 0.15) is 34.8 Å². The van der Waals surface area contributed by atoms with Crippen LogP contribution in [0.25, 0.3) is 10.8 Å². The fraction of sp³-hybridized carbons (Fsp3) is 0.353. The molecule has 0 bridgehead atoms. The summed E-state index contributed by atoms with van der Waals surface area (Å²) in [5, 5.41) is 2.32. The first-order valence-corrected chi connectivity index (χ1v) is 6.85. The second-order valence-corrected chi connectivity index (χ2v) is 5.57. The fourth-order valence-corrected chi connectivity index (χ4v) is 3.26. The van der Waals surface area contributed by atoms with Crippen LogP contribution >= 0.6 is 0 Å². The number of anilines is 1. The molecule has 0 atom stereocenters. The van der Waals surface area contributed by atoms with Gasteiger partial charge in [-0.05, 0) is 54.8 Å². The van der Waals surface area contributed by atoms with E-state index < -0.39 is 0 Å². The third kappa shape index (κ3) is 1.83. The highest BCUT2D eigenvalue weighted by Crippen LogP contribution is 2.36. The number of benzene rings is 2. The van der Waals surface area contributed by atoms with Gasteiger partial charge in [-0.2, -0.15) is 0 Å². The van der Waals surface area contributed by atoms with Gasteiger partial charge >= 0.3 is 0 Å². The number of carbonyl (C=O) groups excluding carboxylic acids is 1. The van der Waals surface area contributed by atoms with Gasteiger partial charge in [-0.15, -0.1) is 0 Å². The van der Waals surface area contributed by atoms with Gasteiger partial charge in [0.1, 0.15) is 0 Å². The van der Waals surface area contributed by atoms with E-state index in [1.54, 1.807) is 6.92 Å². The Morgan fingerprint density at radius 2 is 1.95 bits per heavy atom. The lowest BCUT2D eigenvalue weighted by Crippen LogP contribution is -2.10. The average molecular weight is 253 g/mol. The molecule has 0 amide bonds. The molecule has 0 unspecified atom stereocenters. The SMILES string of the molecule is CC(=O)c1c2c(cc3c(N(C)C)cccc13)CCC2. The molecule has 2 heteroatoms. The summed E-state index contributed by atoms with van der Waals surface area (Å²) in [7, 11) is 4.10. The Bertz CT molecular complexity index is 671. The summed E-state index contributed by atoms with van der Waals surface area (Å²) in [6, 6.07) is 8.54. The molecule has 1 aliphatic rings. The van der Waals surface area contributed by atoms with Crippen molar-refractivity contribution in [1.29, 1.82) is 0 Å². The number of carbonyl (C=O) groups is 1. The predicted molar refractivity (Wildman–Crippen MR) is 80.3 cm³/mol. The molecule has 0 N–H and O–H groups in total. The van der Waals surface area contributed by atoms with Crippen molar-refractivity contribution in [1.82, 2.24) is 0 Å². The summed E-state index contributed by atoms with van der Waals surface area (Å²) in [6.07, 6.45) is 3.32. The Morgan fingerprint density at radius 3 is 2.63 bits per heavy atom. The third-order valence-corrected chi connectivity index (χ3v) is 4.07. The molecule has 0 saturated heterocycles. The van der Waals surface area contributed by atoms with Crippen LogP contribution in [0.5, 0.6) is 0 Å². The van der Waals surface area contributed by atoms with Crippen LogP contribution in [0.15, 0.2) is 24.3 Å². The molecular formula is C17H19NO. The Morgan fingerprint density at radius 1 is 1.16 bits per heavy atom. The van der Waals surface area contributed by atoms with E-state index in [0.29, 0.717) is 0 Å². The molecule has 0 aromatic heterocycles. The quantitative estimate of drug-likeness (QED) is 0.762. The number of nitrogens with zero attached hydrogens (tertiary/aromatic N) is 1. The number of Topliss-reactive ketones (excluding diaryl/α,β-unsaturated/α-hetero) is 1. The van der Waals surface area contributed by atoms with Crippen molar-refractivity contribution >= 4 is 22.2 Å². The van der Waals surface area contributed by atoms with Crippen LogP contribution in [0.3, 0.4) is 0 Å². The minimum atomic E-state index is 0.194. The number of aryl methyl sites for hydroxylation is 1. The van der Waals surface area contributed by atoms with Gasteiger partial charge in [-0.1, -0.05) is 12.1 Å². The number of ketones is 1. The minimum absolute atomic E-state index is 0.194. The first-order valence-electron chi connectivity index (χ1n) is 6.85. The fourth-order valence-electron chi connectivity index (χ4n) is 3.26. The van der Waals surface area contributed by atoms with Gasteiger partial charge in [0.15, 0.2) is 5.78 Å². The Hall–Kier alpha value is -1.83. The van der Waals surface area contributed by atoms with Crippen LogP contribution in [-0.2, 0) is 12.8 Å². The summed E-state index contributed by atoms with van der Waals surface area (Å²) in [5.41, 5.74) is 4.80. The maximum absolute atomic E-state index is 12.1. The first-order chi connectivity index (χ1) is 9.09. The van der Waals surface area contributed by atoms with Gasteiger partial charge in [0.25, 0.3) is 0 Å². The van der Waals surface area contributed by atoms with Crippen molar-refractivity contribution in [3.8, 4) is 0 Å². The highest BCUT2D eigenvalue weighted by molar-refractivity contribution is 6.11. The van der Waals surface area contributed by atoms with E-state index in [1.807, 2.05) is 6.07 Å². The average Bonchev–Trinajstić information content (AvgIpc) is 2.81. The monoisotopic (exact) mass is 253 g/mol. The molecule has 0 saturated carbocycles. The Kier molecular flexibility index (Phi) is 2.81. The molecule has 0 heterocycles. The normalized spacial score (nSPS) is 13.6. The summed E-state index contributed by atoms with van der Waals surface area (Å²) in [5.74, 6) is 0.194. The van der Waals surface area contributed by atoms with Gasteiger partial charge in [-0.25, -0.2) is 0 Å². The van der Waals surface area contributed by atoms with Gasteiger partial charge < -0.3 is 4.90 Å². The molecular weight excluding hydrogens is 234 g/mol. The highest BCUT2D eigenvalue weighted by Gasteiger charge is 2.21. The third-order valence-electron chi connectivity index (χ3n) is 4.07. The van der Waals surface area contributed by atoms with Crippen LogP contribution in [0.4, 0.5) is 5.69 Å². The van der Waals surface area contributed by atoms with E-state index in [2.05, 4.69) is 37.2 Å². The summed E-state index contributed by atoms with van der Waals surface area (Å²) in [6.45, 7) is 1.69. The van der Waals surface area contributed by atoms with Crippen LogP contribution in [0, 0.1) is 0 Å². The van der Waals surface area contributed by atoms with Crippen LogP contribution in [-0.4, -0.2) is 19.9 Å². The summed E-state index contributed by atoms with van der Waals surface area (Å²) < 4.78 is 0. The number of hydrogen-bond acceptors (Lipinski definition) is 2. The molecule has 0 spiro atoms. The largest absolute Gasteiger partial charge is 0.377 e. The zero-order chi connectivity index (χ0) is 13.6. The minimum Gasteiger partial charge on any atom is -0.377 e. The maximum atomic E-state index is 12.1. The smallest absolute Gasteiger partial charge is 0.160 e. The molecule has 2 aromatic rings. The zero-order valence-corrected chi connectivity index (χ0v) is 11.8. The van der Waals surface area contributed by atoms with E-state index in [0.717, 1.165) is 23.8 Å². The topological polar surface area (TPSA) is 20.3 Å². The second kappa shape index (κ2) is 4.37. The standard InChI is InChI=1S/C17H19NO/c1-11(19)17-13-7-4-6-12(13)10-15-14(17)8-5-9-16(15)18(2)3/h5,8-10H,4,6-7H2,1-3H3. The van der Waals surface area contributed by atoms with Crippen LogP contribution in [0.2, 0.25) is 0 Å². The molecule has 2 aromatic carbocycles. The lowest BCUT2D eigenvalue weighted by atomic mass is 9.92. The number of fused-ring (bicyclic) bond motifs is 2. The van der Waals surface area contributed by atoms with Gasteiger partial charge in [0.2, 0.25) is 0 Å². The molecule has 0 radical (unpaired) electrons. The van der Waals surface area contributed by atoms with Crippen molar-refractivity contribution in [2.45, 2.75) is 26.2 Å². The van der Waals surface area contributed by atoms with Crippen molar-refractivity contribution in [3.05, 3.63) is 41.0 Å². The van der Waals surface area contributed by atoms with Crippen molar-refractivity contribution in [2.24, 2.45) is 0 Å². The first kappa shape index (κ1) is 12.2. The molecule has 0 aliphatic heterocycles. The summed E-state index contributed by atoms with van der Waals surface area (Å²) >= 11 is 0. The maximum Gasteiger partial charge on any atom is 0.160 e. The summed E-state index contributed by atoms with van der Waals surface area (Å²) in [4.78, 5) is 14.2. The van der Waals surface area contributed by atoms with Gasteiger partial charge in [0, 0.05) is 30.7 Å². The molecule has 3 rings (SSSR count). The molecule has 19 heavy (non-hydrogen) atoms. The molecule has 0 fully saturated rings. The molecule has 2 nitrogen and oxygen atoms in total. The lowest BCUT2D eigenvalue weighted by Gasteiger charge is -2.18. The zero-order valence-electron chi connectivity index (χ0n) is 11.8. The van der Waals surface area contributed by atoms with E-state index >= 15 is 0 Å². The van der Waals surface area contributed by atoms with Gasteiger partial charge in [0.05, 0.1) is 0 Å². The van der Waals surface area contributed by atoms with Crippen molar-refractivity contribution < 1.29 is 4.79 Å². The van der Waals surface area contributed by atoms with E-state index in [1.165, 1.54) is 28.6 Å². The van der Waals surface area contributed by atoms with E-state index in [9.17, 15) is 4.79 Å². The highest BCUT2D eigenvalue weighted by atomic mass is 16.1. The molecule has 98 valence electrons. The molecule has 1 aliphatic carbocycles. The second-order valence-electron chi connectivity index (χ2n) is 5.57. The van der Waals surface area contributed by atoms with Crippen molar-refractivity contribution in [2.75, 3.05) is 19.0 Å². The van der Waals surface area contributed by atoms with Crippen LogP contribution < -0.4 is 4.90 Å². The van der Waals surface area contributed by atoms with E-state index in [4.69, 9.17) is 0 Å². The van der Waals surface area contributed by atoms with E-state index in [-0.39, 0.29) is 5.78 Å². The Labute approximate surface area is 114 Å². The number of hydrogen-bond donors (Lipinski definition) is 0.